The van der Waals surface area contributed by atoms with Crippen LogP contribution in [0, 0.1) is 6.92 Å². The summed E-state index contributed by atoms with van der Waals surface area (Å²) in [7, 11) is 1.71. The number of rotatable bonds is 4. The van der Waals surface area contributed by atoms with Crippen molar-refractivity contribution in [3.8, 4) is 16.9 Å². The number of alkyl halides is 2. The molecular weight excluding hydrogens is 508 g/mol. The number of aromatic carboxylic acids is 1. The molecule has 0 spiro atoms. The lowest BCUT2D eigenvalue weighted by atomic mass is 9.97. The van der Waals surface area contributed by atoms with Gasteiger partial charge in [-0.05, 0) is 60.5 Å². The van der Waals surface area contributed by atoms with Crippen molar-refractivity contribution in [2.24, 2.45) is 7.05 Å². The van der Waals surface area contributed by atoms with E-state index in [1.807, 2.05) is 29.2 Å². The summed E-state index contributed by atoms with van der Waals surface area (Å²) >= 11 is 0. The van der Waals surface area contributed by atoms with Gasteiger partial charge in [-0.15, -0.1) is 10.2 Å². The Morgan fingerprint density at radius 3 is 2.64 bits per heavy atom. The second kappa shape index (κ2) is 9.12. The van der Waals surface area contributed by atoms with E-state index in [1.54, 1.807) is 36.7 Å². The van der Waals surface area contributed by atoms with Gasteiger partial charge in [0, 0.05) is 23.6 Å². The molecule has 0 saturated carbocycles. The van der Waals surface area contributed by atoms with Gasteiger partial charge in [0.2, 0.25) is 0 Å². The molecule has 11 heteroatoms. The maximum Gasteiger partial charge on any atom is 0.375 e. The van der Waals surface area contributed by atoms with Crippen LogP contribution in [-0.4, -0.2) is 44.0 Å². The molecule has 0 unspecified atom stereocenters. The highest BCUT2D eigenvalue weighted by Crippen LogP contribution is 2.45. The number of carboxylic acid groups (broad SMARTS) is 1. The van der Waals surface area contributed by atoms with Crippen LogP contribution in [0.3, 0.4) is 0 Å². The van der Waals surface area contributed by atoms with Crippen molar-refractivity contribution in [1.29, 1.82) is 0 Å². The minimum absolute atomic E-state index is 0.0991. The number of ether oxygens (including phenoxy) is 1. The standard InChI is InChI=1S/C28H21F2N5O4/c1-14-10-18-21(34(2)27(14)36)4-3-5-22(18)35-8-9-39-24-13-16(17(25(29)30)12-23(24)35)15-6-7-19-20(11-15)31-26(28(37)38)33-32-19/h3-7,10-13,25H,8-9H2,1-2H3,(H,37,38). The van der Waals surface area contributed by atoms with E-state index in [2.05, 4.69) is 15.2 Å². The van der Waals surface area contributed by atoms with Crippen molar-refractivity contribution in [3.63, 3.8) is 0 Å². The van der Waals surface area contributed by atoms with E-state index < -0.39 is 18.2 Å². The third-order valence-corrected chi connectivity index (χ3v) is 6.90. The van der Waals surface area contributed by atoms with E-state index in [-0.39, 0.29) is 22.2 Å². The number of carbonyl (C=O) groups is 1. The van der Waals surface area contributed by atoms with Crippen LogP contribution >= 0.6 is 0 Å². The molecule has 5 aromatic rings. The highest BCUT2D eigenvalue weighted by Gasteiger charge is 2.27. The number of carboxylic acids is 1. The first kappa shape index (κ1) is 24.4. The molecular formula is C28H21F2N5O4. The number of hydrogen-bond acceptors (Lipinski definition) is 7. The molecule has 1 N–H and O–H groups in total. The smallest absolute Gasteiger partial charge is 0.375 e. The summed E-state index contributed by atoms with van der Waals surface area (Å²) in [6.45, 7) is 2.49. The number of halogens is 2. The van der Waals surface area contributed by atoms with Crippen molar-refractivity contribution in [2.75, 3.05) is 18.1 Å². The number of aryl methyl sites for hydroxylation is 2. The van der Waals surface area contributed by atoms with Gasteiger partial charge in [-0.25, -0.2) is 18.6 Å². The van der Waals surface area contributed by atoms with Crippen molar-refractivity contribution >= 4 is 39.3 Å². The first-order valence-electron chi connectivity index (χ1n) is 12.1. The number of pyridine rings is 1. The molecule has 0 aliphatic carbocycles. The topological polar surface area (TPSA) is 110 Å². The Bertz CT molecular complexity index is 1870. The molecule has 39 heavy (non-hydrogen) atoms. The fraction of sp³-hybridized carbons (Fsp3) is 0.179. The zero-order valence-electron chi connectivity index (χ0n) is 20.9. The third kappa shape index (κ3) is 4.02. The van der Waals surface area contributed by atoms with E-state index in [0.717, 1.165) is 16.6 Å². The van der Waals surface area contributed by atoms with Crippen LogP contribution in [0.2, 0.25) is 0 Å². The van der Waals surface area contributed by atoms with Crippen LogP contribution in [0.25, 0.3) is 33.1 Å². The van der Waals surface area contributed by atoms with Crippen molar-refractivity contribution in [3.05, 3.63) is 81.9 Å². The molecule has 0 atom stereocenters. The fourth-order valence-electron chi connectivity index (χ4n) is 5.02. The second-order valence-corrected chi connectivity index (χ2v) is 9.25. The fourth-order valence-corrected chi connectivity index (χ4v) is 5.02. The van der Waals surface area contributed by atoms with Crippen LogP contribution in [0.15, 0.2) is 59.4 Å². The molecule has 196 valence electrons. The summed E-state index contributed by atoms with van der Waals surface area (Å²) in [6, 6.07) is 15.1. The summed E-state index contributed by atoms with van der Waals surface area (Å²) in [5.74, 6) is -1.40. The number of benzene rings is 3. The maximum atomic E-state index is 14.5. The molecule has 3 aromatic carbocycles. The lowest BCUT2D eigenvalue weighted by Crippen LogP contribution is -2.29. The molecule has 6 rings (SSSR count). The third-order valence-electron chi connectivity index (χ3n) is 6.90. The molecule has 1 aliphatic rings. The maximum absolute atomic E-state index is 14.5. The monoisotopic (exact) mass is 529 g/mol. The summed E-state index contributed by atoms with van der Waals surface area (Å²) in [5.41, 5.74) is 3.46. The Morgan fingerprint density at radius 2 is 1.87 bits per heavy atom. The molecule has 0 amide bonds. The predicted molar refractivity (Wildman–Crippen MR) is 141 cm³/mol. The van der Waals surface area contributed by atoms with E-state index >= 15 is 0 Å². The highest BCUT2D eigenvalue weighted by molar-refractivity contribution is 5.96. The minimum Gasteiger partial charge on any atom is -0.490 e. The molecule has 0 radical (unpaired) electrons. The van der Waals surface area contributed by atoms with Gasteiger partial charge in [-0.1, -0.05) is 12.1 Å². The summed E-state index contributed by atoms with van der Waals surface area (Å²) in [5, 5.41) is 17.4. The summed E-state index contributed by atoms with van der Waals surface area (Å²) in [6.07, 6.45) is -2.81. The summed E-state index contributed by atoms with van der Waals surface area (Å²) < 4.78 is 36.5. The van der Waals surface area contributed by atoms with Crippen molar-refractivity contribution in [2.45, 2.75) is 13.3 Å². The molecule has 0 bridgehead atoms. The average Bonchev–Trinajstić information content (AvgIpc) is 2.94. The van der Waals surface area contributed by atoms with Gasteiger partial charge < -0.3 is 19.3 Å². The largest absolute Gasteiger partial charge is 0.490 e. The molecule has 1 aliphatic heterocycles. The molecule has 0 fully saturated rings. The number of anilines is 2. The first-order valence-corrected chi connectivity index (χ1v) is 12.1. The van der Waals surface area contributed by atoms with Gasteiger partial charge in [-0.3, -0.25) is 4.79 Å². The lowest BCUT2D eigenvalue weighted by molar-refractivity contribution is 0.0682. The van der Waals surface area contributed by atoms with Crippen LogP contribution in [0.5, 0.6) is 5.75 Å². The normalized spacial score (nSPS) is 13.1. The second-order valence-electron chi connectivity index (χ2n) is 9.25. The van der Waals surface area contributed by atoms with Gasteiger partial charge in [-0.2, -0.15) is 0 Å². The number of aromatic nitrogens is 4. The Kier molecular flexibility index (Phi) is 5.71. The van der Waals surface area contributed by atoms with Crippen molar-refractivity contribution < 1.29 is 23.4 Å². The molecule has 3 heterocycles. The van der Waals surface area contributed by atoms with E-state index in [1.165, 1.54) is 12.1 Å². The Labute approximate surface area is 219 Å². The van der Waals surface area contributed by atoms with Gasteiger partial charge in [0.05, 0.1) is 29.0 Å². The van der Waals surface area contributed by atoms with Crippen LogP contribution in [-0.2, 0) is 7.05 Å². The zero-order chi connectivity index (χ0) is 27.4. The number of fused-ring (bicyclic) bond motifs is 3. The van der Waals surface area contributed by atoms with Gasteiger partial charge in [0.25, 0.3) is 17.8 Å². The van der Waals surface area contributed by atoms with Gasteiger partial charge >= 0.3 is 5.97 Å². The first-order chi connectivity index (χ1) is 18.7. The van der Waals surface area contributed by atoms with Gasteiger partial charge in [0.1, 0.15) is 17.9 Å². The summed E-state index contributed by atoms with van der Waals surface area (Å²) in [4.78, 5) is 29.7. The zero-order valence-corrected chi connectivity index (χ0v) is 20.9. The van der Waals surface area contributed by atoms with Crippen molar-refractivity contribution in [1.82, 2.24) is 19.7 Å². The van der Waals surface area contributed by atoms with Crippen LogP contribution in [0.4, 0.5) is 20.2 Å². The minimum atomic E-state index is -2.81. The van der Waals surface area contributed by atoms with Crippen LogP contribution < -0.4 is 15.2 Å². The van der Waals surface area contributed by atoms with Gasteiger partial charge in [0.15, 0.2) is 0 Å². The van der Waals surface area contributed by atoms with E-state index in [4.69, 9.17) is 4.74 Å². The lowest BCUT2D eigenvalue weighted by Gasteiger charge is -2.33. The quantitative estimate of drug-likeness (QED) is 0.346. The average molecular weight is 530 g/mol. The van der Waals surface area contributed by atoms with E-state index in [0.29, 0.717) is 41.2 Å². The Balaban J connectivity index is 1.53. The van der Waals surface area contributed by atoms with Crippen LogP contribution in [0.1, 0.15) is 28.2 Å². The number of hydrogen-bond donors (Lipinski definition) is 1. The Morgan fingerprint density at radius 1 is 1.05 bits per heavy atom. The molecule has 9 nitrogen and oxygen atoms in total. The highest BCUT2D eigenvalue weighted by atomic mass is 19.3. The predicted octanol–water partition coefficient (Wildman–Crippen LogP) is 5.02. The molecule has 2 aromatic heterocycles. The SMILES string of the molecule is Cc1cc2c(N3CCOc4cc(-c5ccc6nnc(C(=O)O)nc6c5)c(C(F)F)cc43)cccc2n(C)c1=O. The molecule has 0 saturated heterocycles. The Hall–Kier alpha value is -4.93. The number of nitrogens with zero attached hydrogens (tertiary/aromatic N) is 5. The van der Waals surface area contributed by atoms with E-state index in [9.17, 15) is 23.5 Å².